The fraction of sp³-hybridized carbons (Fsp3) is 0.381. The largest absolute Gasteiger partial charge is 0.483 e. The number of likely N-dealkylation sites (tertiary alicyclic amines) is 2. The number of rotatable bonds is 22. The number of nitrogens with zero attached hydrogens (tertiary/aromatic N) is 2. The number of aliphatic carboxylic acids is 1. The van der Waals surface area contributed by atoms with E-state index < -0.39 is 79.1 Å². The molecule has 8 N–H and O–H groups in total. The number of carboxylic acid groups (broad SMARTS) is 1. The van der Waals surface area contributed by atoms with Crippen LogP contribution in [0.3, 0.4) is 0 Å². The van der Waals surface area contributed by atoms with E-state index in [9.17, 15) is 53.4 Å². The molecular formula is C63H66N8O12. The minimum Gasteiger partial charge on any atom is -0.483 e. The molecule has 20 heteroatoms. The molecule has 6 fully saturated rings. The first kappa shape index (κ1) is 56.0. The molecule has 2 aliphatic heterocycles. The van der Waals surface area contributed by atoms with Crippen LogP contribution in [0.15, 0.2) is 140 Å². The molecule has 5 aromatic rings. The Balaban J connectivity index is 0.831. The average Bonchev–Trinajstić information content (AvgIpc) is 4.60. The Morgan fingerprint density at radius 3 is 1.19 bits per heavy atom. The van der Waals surface area contributed by atoms with Gasteiger partial charge in [0.25, 0.3) is 17.7 Å². The molecule has 11 rings (SSSR count). The zero-order valence-corrected chi connectivity index (χ0v) is 45.4. The predicted octanol–water partition coefficient (Wildman–Crippen LogP) is 2.81. The molecule has 2 saturated heterocycles. The van der Waals surface area contributed by atoms with Crippen LogP contribution >= 0.6 is 0 Å². The van der Waals surface area contributed by atoms with Gasteiger partial charge in [-0.2, -0.15) is 0 Å². The summed E-state index contributed by atoms with van der Waals surface area (Å²) in [7, 11) is 0. The van der Waals surface area contributed by atoms with Gasteiger partial charge in [-0.25, -0.2) is 4.79 Å². The number of hydrogen-bond donors (Lipinski definition) is 8. The van der Waals surface area contributed by atoms with E-state index in [1.807, 2.05) is 121 Å². The minimum atomic E-state index is -1.62. The standard InChI is InChI=1S/C63H66N8O12/c72-33-53(63(81)82)65-55(73)28-64-56(74)34-83-54-23-39(61(79)70-29-45(57(75)66-49-24-41(49)35-13-5-1-6-14-35)46(30-70)58(76)67-50-25-42(50)36-15-7-2-8-16-36)21-22-40(54)62(80)71-31-47(59(77)68-51-26-43(51)37-17-9-3-10-18-37)48(32-71)60(78)69-52-27-44(52)38-19-11-4-12-20-38/h1-23,41-53,72H,24-34H2,(H,64,74)(H,65,73)(H,66,75)(H,67,76)(H,68,77)(H,69,78)(H,81,82)/t41-,42-,43-,44-,45-,46-,47-,48-,49+,50+,51+,52+,53?/m1/s1. The van der Waals surface area contributed by atoms with Gasteiger partial charge in [-0.15, -0.1) is 0 Å². The summed E-state index contributed by atoms with van der Waals surface area (Å²) >= 11 is 0. The van der Waals surface area contributed by atoms with Gasteiger partial charge in [0.05, 0.1) is 42.4 Å². The molecular weight excluding hydrogens is 1060 g/mol. The Hall–Kier alpha value is -8.91. The fourth-order valence-electron chi connectivity index (χ4n) is 12.0. The van der Waals surface area contributed by atoms with Gasteiger partial charge < -0.3 is 56.7 Å². The van der Waals surface area contributed by atoms with E-state index in [2.05, 4.69) is 31.9 Å². The maximum atomic E-state index is 15.0. The number of aliphatic hydroxyl groups is 1. The molecule has 4 aliphatic carbocycles. The highest BCUT2D eigenvalue weighted by atomic mass is 16.5. The number of benzene rings is 5. The second kappa shape index (κ2) is 24.3. The lowest BCUT2D eigenvalue weighted by Gasteiger charge is -2.21. The number of amides is 8. The summed E-state index contributed by atoms with van der Waals surface area (Å²) in [5.41, 5.74) is 4.19. The third-order valence-corrected chi connectivity index (χ3v) is 17.0. The number of nitrogens with one attached hydrogen (secondary N) is 6. The van der Waals surface area contributed by atoms with Gasteiger partial charge in [0.1, 0.15) is 11.8 Å². The first-order valence-electron chi connectivity index (χ1n) is 28.4. The lowest BCUT2D eigenvalue weighted by Crippen LogP contribution is -2.47. The van der Waals surface area contributed by atoms with Crippen molar-refractivity contribution in [2.45, 2.75) is 79.6 Å². The highest BCUT2D eigenvalue weighted by Crippen LogP contribution is 2.45. The van der Waals surface area contributed by atoms with Crippen LogP contribution in [0.1, 0.15) is 92.3 Å². The van der Waals surface area contributed by atoms with Gasteiger partial charge in [0.2, 0.25) is 29.5 Å². The molecule has 4 saturated carbocycles. The van der Waals surface area contributed by atoms with Crippen molar-refractivity contribution >= 4 is 53.2 Å². The molecule has 5 aromatic carbocycles. The van der Waals surface area contributed by atoms with Crippen molar-refractivity contribution < 1.29 is 58.1 Å². The summed E-state index contributed by atoms with van der Waals surface area (Å²) in [6.07, 6.45) is 2.87. The van der Waals surface area contributed by atoms with Crippen LogP contribution in [0.4, 0.5) is 0 Å². The summed E-state index contributed by atoms with van der Waals surface area (Å²) in [6, 6.07) is 41.0. The molecule has 83 heavy (non-hydrogen) atoms. The second-order valence-corrected chi connectivity index (χ2v) is 22.7. The van der Waals surface area contributed by atoms with E-state index in [4.69, 9.17) is 4.74 Å². The molecule has 1 unspecified atom stereocenters. The van der Waals surface area contributed by atoms with Crippen LogP contribution in [-0.4, -0.2) is 149 Å². The molecule has 2 heterocycles. The topological polar surface area (TPSA) is 282 Å². The van der Waals surface area contributed by atoms with E-state index >= 15 is 0 Å². The van der Waals surface area contributed by atoms with Crippen LogP contribution < -0.4 is 36.6 Å². The SMILES string of the molecule is O=C(COc1cc(C(=O)N2C[C@@H](C(=O)N[C@H]3C[C@@H]3c3ccccc3)[C@H](C(=O)N[C@H]3C[C@@H]3c3ccccc3)C2)ccc1C(=O)N1C[C@@H](C(=O)N[C@H]2C[C@@H]2c2ccccc2)[C@H](C(=O)N[C@H]2C[C@@H]2c2ccccc2)C1)NCC(=O)NC(CO)C(=O)O. The highest BCUT2D eigenvalue weighted by Gasteiger charge is 2.51. The first-order chi connectivity index (χ1) is 40.2. The third kappa shape index (κ3) is 13.1. The van der Waals surface area contributed by atoms with Gasteiger partial charge in [-0.05, 0) is 66.1 Å². The summed E-state index contributed by atoms with van der Waals surface area (Å²) in [5, 5.41) is 35.6. The Kier molecular flexibility index (Phi) is 16.4. The highest BCUT2D eigenvalue weighted by molar-refractivity contribution is 6.02. The minimum absolute atomic E-state index is 0.0105. The van der Waals surface area contributed by atoms with Crippen molar-refractivity contribution in [2.75, 3.05) is 45.9 Å². The van der Waals surface area contributed by atoms with Crippen molar-refractivity contribution in [1.29, 1.82) is 0 Å². The van der Waals surface area contributed by atoms with Crippen LogP contribution in [0.25, 0.3) is 0 Å². The van der Waals surface area contributed by atoms with E-state index in [0.717, 1.165) is 35.1 Å². The Bertz CT molecular complexity index is 3130. The van der Waals surface area contributed by atoms with E-state index in [-0.39, 0.29) is 115 Å². The Morgan fingerprint density at radius 1 is 0.482 bits per heavy atom. The van der Waals surface area contributed by atoms with Gasteiger partial charge in [0.15, 0.2) is 6.61 Å². The third-order valence-electron chi connectivity index (χ3n) is 17.0. The second-order valence-electron chi connectivity index (χ2n) is 22.7. The number of hydrogen-bond acceptors (Lipinski definition) is 11. The first-order valence-corrected chi connectivity index (χ1v) is 28.4. The van der Waals surface area contributed by atoms with Gasteiger partial charge in [-0.1, -0.05) is 121 Å². The van der Waals surface area contributed by atoms with Crippen LogP contribution in [0.2, 0.25) is 0 Å². The summed E-state index contributed by atoms with van der Waals surface area (Å²) in [4.78, 5) is 127. The predicted molar refractivity (Wildman–Crippen MR) is 300 cm³/mol. The lowest BCUT2D eigenvalue weighted by molar-refractivity contribution is -0.142. The summed E-state index contributed by atoms with van der Waals surface area (Å²) < 4.78 is 6.01. The number of carbonyl (C=O) groups excluding carboxylic acids is 8. The lowest BCUT2D eigenvalue weighted by atomic mass is 9.94. The maximum absolute atomic E-state index is 15.0. The quantitative estimate of drug-likeness (QED) is 0.0497. The molecule has 13 atom stereocenters. The molecule has 20 nitrogen and oxygen atoms in total. The fourth-order valence-corrected chi connectivity index (χ4v) is 12.0. The zero-order valence-electron chi connectivity index (χ0n) is 45.4. The molecule has 0 spiro atoms. The Labute approximate surface area is 479 Å². The molecule has 8 amide bonds. The monoisotopic (exact) mass is 1130 g/mol. The molecule has 0 radical (unpaired) electrons. The number of carboxylic acids is 1. The van der Waals surface area contributed by atoms with E-state index in [1.54, 1.807) is 0 Å². The Morgan fingerprint density at radius 2 is 0.843 bits per heavy atom. The zero-order chi connectivity index (χ0) is 57.9. The van der Waals surface area contributed by atoms with Crippen LogP contribution in [0, 0.1) is 23.7 Å². The molecule has 0 aromatic heterocycles. The number of aliphatic hydroxyl groups excluding tert-OH is 1. The van der Waals surface area contributed by atoms with Crippen molar-refractivity contribution in [1.82, 2.24) is 41.7 Å². The number of ether oxygens (including phenoxy) is 1. The van der Waals surface area contributed by atoms with Gasteiger partial charge in [-0.3, -0.25) is 38.4 Å². The average molecular weight is 1130 g/mol. The van der Waals surface area contributed by atoms with Gasteiger partial charge in [0, 0.05) is 79.6 Å². The summed E-state index contributed by atoms with van der Waals surface area (Å²) in [5.74, 6) is -9.58. The van der Waals surface area contributed by atoms with Crippen LogP contribution in [0.5, 0.6) is 5.75 Å². The van der Waals surface area contributed by atoms with Crippen molar-refractivity contribution in [3.8, 4) is 5.75 Å². The van der Waals surface area contributed by atoms with Crippen molar-refractivity contribution in [3.05, 3.63) is 173 Å². The van der Waals surface area contributed by atoms with E-state index in [0.29, 0.717) is 12.8 Å². The normalized spacial score (nSPS) is 26.5. The number of carbonyl (C=O) groups is 9. The van der Waals surface area contributed by atoms with Crippen LogP contribution in [-0.2, 0) is 33.6 Å². The smallest absolute Gasteiger partial charge is 0.328 e. The molecule has 0 bridgehead atoms. The molecule has 430 valence electrons. The van der Waals surface area contributed by atoms with E-state index in [1.165, 1.54) is 28.0 Å². The van der Waals surface area contributed by atoms with Crippen molar-refractivity contribution in [3.63, 3.8) is 0 Å². The van der Waals surface area contributed by atoms with Crippen molar-refractivity contribution in [2.24, 2.45) is 23.7 Å². The maximum Gasteiger partial charge on any atom is 0.328 e. The van der Waals surface area contributed by atoms with Gasteiger partial charge >= 0.3 is 5.97 Å². The molecule has 6 aliphatic rings. The summed E-state index contributed by atoms with van der Waals surface area (Å²) in [6.45, 7) is -2.93.